The standard InChI is InChI=1S/C8H3Br2FO2/c9-7(12)4-2-1-3-5(11)6(4)8(10)13/h1-3H. The van der Waals surface area contributed by atoms with E-state index in [1.165, 1.54) is 12.1 Å². The molecule has 0 radical (unpaired) electrons. The van der Waals surface area contributed by atoms with E-state index in [4.69, 9.17) is 0 Å². The molecule has 1 aromatic carbocycles. The van der Waals surface area contributed by atoms with Gasteiger partial charge in [-0.05, 0) is 44.0 Å². The van der Waals surface area contributed by atoms with Crippen molar-refractivity contribution in [3.05, 3.63) is 35.1 Å². The normalized spacial score (nSPS) is 9.77. The van der Waals surface area contributed by atoms with Gasteiger partial charge < -0.3 is 0 Å². The third-order valence-electron chi connectivity index (χ3n) is 1.42. The number of carbonyl (C=O) groups is 2. The van der Waals surface area contributed by atoms with Crippen molar-refractivity contribution in [2.24, 2.45) is 0 Å². The maximum Gasteiger partial charge on any atom is 0.231 e. The van der Waals surface area contributed by atoms with Crippen LogP contribution >= 0.6 is 31.9 Å². The van der Waals surface area contributed by atoms with Crippen molar-refractivity contribution in [3.8, 4) is 0 Å². The van der Waals surface area contributed by atoms with Gasteiger partial charge in [0.25, 0.3) is 0 Å². The summed E-state index contributed by atoms with van der Waals surface area (Å²) in [5, 5.41) is 0. The lowest BCUT2D eigenvalue weighted by atomic mass is 10.1. The number of benzene rings is 1. The van der Waals surface area contributed by atoms with Crippen LogP contribution in [0.25, 0.3) is 0 Å². The summed E-state index contributed by atoms with van der Waals surface area (Å²) in [6.45, 7) is 0. The Hall–Kier alpha value is -0.550. The quantitative estimate of drug-likeness (QED) is 0.787. The van der Waals surface area contributed by atoms with Crippen LogP contribution in [-0.2, 0) is 0 Å². The van der Waals surface area contributed by atoms with Crippen LogP contribution in [-0.4, -0.2) is 9.39 Å². The molecule has 0 saturated carbocycles. The zero-order valence-corrected chi connectivity index (χ0v) is 9.35. The van der Waals surface area contributed by atoms with Gasteiger partial charge in [-0.3, -0.25) is 9.59 Å². The number of carbonyl (C=O) groups excluding carboxylic acids is 2. The predicted molar refractivity (Wildman–Crippen MR) is 52.9 cm³/mol. The molecule has 0 amide bonds. The zero-order valence-electron chi connectivity index (χ0n) is 6.18. The second-order valence-corrected chi connectivity index (χ2v) is 3.65. The summed E-state index contributed by atoms with van der Waals surface area (Å²) >= 11 is 5.26. The highest BCUT2D eigenvalue weighted by Gasteiger charge is 2.17. The molecule has 0 saturated heterocycles. The minimum Gasteiger partial charge on any atom is -0.281 e. The van der Waals surface area contributed by atoms with Gasteiger partial charge in [0.05, 0.1) is 5.56 Å². The first-order valence-corrected chi connectivity index (χ1v) is 4.81. The highest BCUT2D eigenvalue weighted by molar-refractivity contribution is 9.18. The minimum atomic E-state index is -0.716. The van der Waals surface area contributed by atoms with E-state index in [0.29, 0.717) is 0 Å². The van der Waals surface area contributed by atoms with E-state index < -0.39 is 15.2 Å². The Bertz CT molecular complexity index is 376. The van der Waals surface area contributed by atoms with Crippen molar-refractivity contribution in [2.45, 2.75) is 0 Å². The van der Waals surface area contributed by atoms with Crippen LogP contribution in [0.15, 0.2) is 18.2 Å². The molecule has 0 bridgehead atoms. The van der Waals surface area contributed by atoms with Crippen LogP contribution in [0.4, 0.5) is 4.39 Å². The minimum absolute atomic E-state index is 0.0156. The van der Waals surface area contributed by atoms with Crippen molar-refractivity contribution in [3.63, 3.8) is 0 Å². The highest BCUT2D eigenvalue weighted by atomic mass is 79.9. The van der Waals surface area contributed by atoms with Gasteiger partial charge in [-0.1, -0.05) is 6.07 Å². The Balaban J connectivity index is 3.43. The van der Waals surface area contributed by atoms with E-state index >= 15 is 0 Å². The SMILES string of the molecule is O=C(Br)c1cccc(F)c1C(=O)Br. The van der Waals surface area contributed by atoms with E-state index in [1.807, 2.05) is 0 Å². The molecule has 0 aliphatic carbocycles. The molecule has 68 valence electrons. The Labute approximate surface area is 90.4 Å². The molecule has 0 spiro atoms. The molecular weight excluding hydrogens is 307 g/mol. The number of rotatable bonds is 2. The van der Waals surface area contributed by atoms with Crippen molar-refractivity contribution >= 4 is 41.2 Å². The lowest BCUT2D eigenvalue weighted by molar-refractivity contribution is 0.106. The van der Waals surface area contributed by atoms with Crippen LogP contribution in [0.5, 0.6) is 0 Å². The molecule has 5 heteroatoms. The van der Waals surface area contributed by atoms with Gasteiger partial charge in [-0.2, -0.15) is 0 Å². The molecule has 0 unspecified atom stereocenters. The third-order valence-corrected chi connectivity index (χ3v) is 2.25. The average Bonchev–Trinajstić information content (AvgIpc) is 2.02. The van der Waals surface area contributed by atoms with E-state index in [-0.39, 0.29) is 11.1 Å². The van der Waals surface area contributed by atoms with Crippen molar-refractivity contribution < 1.29 is 14.0 Å². The van der Waals surface area contributed by atoms with Crippen LogP contribution in [0, 0.1) is 5.82 Å². The van der Waals surface area contributed by atoms with Crippen molar-refractivity contribution in [2.75, 3.05) is 0 Å². The number of hydrogen-bond donors (Lipinski definition) is 0. The molecule has 1 aromatic rings. The molecule has 0 atom stereocenters. The summed E-state index contributed by atoms with van der Waals surface area (Å²) in [6, 6.07) is 3.85. The summed E-state index contributed by atoms with van der Waals surface area (Å²) in [6.07, 6.45) is 0. The van der Waals surface area contributed by atoms with Crippen molar-refractivity contribution in [1.29, 1.82) is 0 Å². The van der Waals surface area contributed by atoms with Crippen LogP contribution < -0.4 is 0 Å². The van der Waals surface area contributed by atoms with Crippen molar-refractivity contribution in [1.82, 2.24) is 0 Å². The third kappa shape index (κ3) is 2.22. The van der Waals surface area contributed by atoms with Gasteiger partial charge in [0.2, 0.25) is 9.39 Å². The summed E-state index contributed by atoms with van der Waals surface area (Å²) in [5.41, 5.74) is -0.230. The summed E-state index contributed by atoms with van der Waals surface area (Å²) < 4.78 is 11.9. The molecular formula is C8H3Br2FO2. The number of halogens is 3. The largest absolute Gasteiger partial charge is 0.281 e. The summed E-state index contributed by atoms with van der Waals surface area (Å²) in [5.74, 6) is -0.716. The van der Waals surface area contributed by atoms with Gasteiger partial charge >= 0.3 is 0 Å². The Kier molecular flexibility index (Phi) is 3.33. The zero-order chi connectivity index (χ0) is 10.0. The van der Waals surface area contributed by atoms with Crippen LogP contribution in [0.2, 0.25) is 0 Å². The Morgan fingerprint density at radius 2 is 1.77 bits per heavy atom. The van der Waals surface area contributed by atoms with Gasteiger partial charge in [0.15, 0.2) is 0 Å². The van der Waals surface area contributed by atoms with E-state index in [2.05, 4.69) is 31.9 Å². The molecule has 0 aliphatic heterocycles. The predicted octanol–water partition coefficient (Wildman–Crippen LogP) is 2.90. The monoisotopic (exact) mass is 308 g/mol. The molecule has 0 aromatic heterocycles. The average molecular weight is 310 g/mol. The molecule has 0 heterocycles. The van der Waals surface area contributed by atoms with Gasteiger partial charge in [0.1, 0.15) is 5.82 Å². The topological polar surface area (TPSA) is 34.1 Å². The molecule has 13 heavy (non-hydrogen) atoms. The second-order valence-electron chi connectivity index (χ2n) is 2.21. The maximum absolute atomic E-state index is 13.0. The fourth-order valence-electron chi connectivity index (χ4n) is 0.888. The van der Waals surface area contributed by atoms with E-state index in [0.717, 1.165) is 6.07 Å². The van der Waals surface area contributed by atoms with E-state index in [1.54, 1.807) is 0 Å². The smallest absolute Gasteiger partial charge is 0.231 e. The molecule has 0 fully saturated rings. The first kappa shape index (κ1) is 10.5. The van der Waals surface area contributed by atoms with Gasteiger partial charge in [0, 0.05) is 5.56 Å². The molecule has 0 aliphatic rings. The first-order valence-electron chi connectivity index (χ1n) is 3.22. The lowest BCUT2D eigenvalue weighted by Crippen LogP contribution is -2.03. The van der Waals surface area contributed by atoms with E-state index in [9.17, 15) is 14.0 Å². The van der Waals surface area contributed by atoms with Gasteiger partial charge in [-0.25, -0.2) is 4.39 Å². The second kappa shape index (κ2) is 4.11. The number of hydrogen-bond acceptors (Lipinski definition) is 2. The summed E-state index contributed by atoms with van der Waals surface area (Å²) in [4.78, 5) is 21.8. The highest BCUT2D eigenvalue weighted by Crippen LogP contribution is 2.19. The Morgan fingerprint density at radius 1 is 1.15 bits per heavy atom. The fraction of sp³-hybridized carbons (Fsp3) is 0. The van der Waals surface area contributed by atoms with Crippen LogP contribution in [0.1, 0.15) is 20.7 Å². The Morgan fingerprint density at radius 3 is 2.15 bits per heavy atom. The van der Waals surface area contributed by atoms with Crippen LogP contribution in [0.3, 0.4) is 0 Å². The molecule has 2 nitrogen and oxygen atoms in total. The maximum atomic E-state index is 13.0. The lowest BCUT2D eigenvalue weighted by Gasteiger charge is -2.01. The van der Waals surface area contributed by atoms with Gasteiger partial charge in [-0.15, -0.1) is 0 Å². The molecule has 0 N–H and O–H groups in total. The first-order chi connectivity index (χ1) is 6.04. The fourth-order valence-corrected chi connectivity index (χ4v) is 1.62. The molecule has 1 rings (SSSR count). The summed E-state index contributed by atoms with van der Waals surface area (Å²) in [7, 11) is 0.